The number of halogens is 1. The molecular weight excluding hydrogens is 487 g/mol. The SMILES string of the molecule is COc1c(F)cccc1-c1ccc(C(=O)NS(=O)(=O)c2ccc[nH]c2=O)c(N2C[C@@H](C)CC2(C)C)n1. The molecule has 0 aliphatic carbocycles. The maximum atomic E-state index is 14.4. The molecule has 4 rings (SSSR count). The fraction of sp³-hybridized carbons (Fsp3) is 0.320. The maximum absolute atomic E-state index is 14.4. The van der Waals surface area contributed by atoms with Crippen LogP contribution in [0.25, 0.3) is 11.3 Å². The lowest BCUT2D eigenvalue weighted by Gasteiger charge is -2.34. The molecule has 0 unspecified atom stereocenters. The predicted molar refractivity (Wildman–Crippen MR) is 133 cm³/mol. The molecule has 1 aliphatic heterocycles. The Morgan fingerprint density at radius 1 is 1.22 bits per heavy atom. The number of ether oxygens (including phenoxy) is 1. The van der Waals surface area contributed by atoms with Crippen LogP contribution in [0, 0.1) is 11.7 Å². The largest absolute Gasteiger partial charge is 0.493 e. The molecule has 1 atom stereocenters. The van der Waals surface area contributed by atoms with Crippen LogP contribution in [0.3, 0.4) is 0 Å². The number of aromatic nitrogens is 2. The van der Waals surface area contributed by atoms with Gasteiger partial charge in [-0.1, -0.05) is 13.0 Å². The van der Waals surface area contributed by atoms with Gasteiger partial charge in [-0.3, -0.25) is 9.59 Å². The van der Waals surface area contributed by atoms with Gasteiger partial charge in [-0.15, -0.1) is 0 Å². The van der Waals surface area contributed by atoms with E-state index in [9.17, 15) is 22.4 Å². The standard InChI is InChI=1S/C25H27FN4O5S/c1-15-13-25(2,3)30(14-15)22-17(23(31)29-36(33,34)20-9-6-12-27-24(20)32)10-11-19(28-22)16-7-5-8-18(26)21(16)35-4/h5-12,15H,13-14H2,1-4H3,(H,27,32)(H,29,31)/t15-/m0/s1. The van der Waals surface area contributed by atoms with Crippen molar-refractivity contribution in [2.45, 2.75) is 37.6 Å². The minimum atomic E-state index is -4.46. The first kappa shape index (κ1) is 25.4. The fourth-order valence-corrected chi connectivity index (χ4v) is 5.73. The molecule has 1 aliphatic rings. The third kappa shape index (κ3) is 4.70. The highest BCUT2D eigenvalue weighted by atomic mass is 32.2. The van der Waals surface area contributed by atoms with E-state index in [2.05, 4.69) is 11.9 Å². The molecule has 1 fully saturated rings. The number of sulfonamides is 1. The van der Waals surface area contributed by atoms with Gasteiger partial charge in [-0.2, -0.15) is 0 Å². The van der Waals surface area contributed by atoms with E-state index in [1.165, 1.54) is 43.6 Å². The zero-order valence-corrected chi connectivity index (χ0v) is 21.1. The molecule has 9 nitrogen and oxygen atoms in total. The molecule has 11 heteroatoms. The van der Waals surface area contributed by atoms with Gasteiger partial charge in [0.15, 0.2) is 16.5 Å². The van der Waals surface area contributed by atoms with Crippen molar-refractivity contribution >= 4 is 21.7 Å². The van der Waals surface area contributed by atoms with Crippen molar-refractivity contribution in [3.8, 4) is 17.0 Å². The second-order valence-corrected chi connectivity index (χ2v) is 11.1. The van der Waals surface area contributed by atoms with E-state index < -0.39 is 32.2 Å². The number of para-hydroxylation sites is 1. The summed E-state index contributed by atoms with van der Waals surface area (Å²) in [5.41, 5.74) is -0.483. The zero-order chi connectivity index (χ0) is 26.3. The number of methoxy groups -OCH3 is 1. The second kappa shape index (κ2) is 9.38. The quantitative estimate of drug-likeness (QED) is 0.518. The number of anilines is 1. The number of aromatic amines is 1. The summed E-state index contributed by atoms with van der Waals surface area (Å²) in [6, 6.07) is 9.86. The van der Waals surface area contributed by atoms with E-state index in [1.54, 1.807) is 6.07 Å². The van der Waals surface area contributed by atoms with Gasteiger partial charge in [0.05, 0.1) is 18.4 Å². The van der Waals surface area contributed by atoms with Crippen molar-refractivity contribution in [1.29, 1.82) is 0 Å². The van der Waals surface area contributed by atoms with Gasteiger partial charge in [0, 0.05) is 23.8 Å². The number of amides is 1. The van der Waals surface area contributed by atoms with Gasteiger partial charge in [0.2, 0.25) is 0 Å². The first-order valence-corrected chi connectivity index (χ1v) is 12.8. The summed E-state index contributed by atoms with van der Waals surface area (Å²) in [4.78, 5) is 33.7. The smallest absolute Gasteiger partial charge is 0.269 e. The summed E-state index contributed by atoms with van der Waals surface area (Å²) in [5.74, 6) is -0.948. The van der Waals surface area contributed by atoms with E-state index >= 15 is 0 Å². The Balaban J connectivity index is 1.83. The van der Waals surface area contributed by atoms with Gasteiger partial charge in [-0.25, -0.2) is 22.5 Å². The summed E-state index contributed by atoms with van der Waals surface area (Å²) < 4.78 is 47.2. The highest BCUT2D eigenvalue weighted by Crippen LogP contribution is 2.39. The summed E-state index contributed by atoms with van der Waals surface area (Å²) >= 11 is 0. The molecule has 3 aromatic rings. The van der Waals surface area contributed by atoms with Crippen molar-refractivity contribution < 1.29 is 22.3 Å². The van der Waals surface area contributed by atoms with Crippen LogP contribution in [-0.2, 0) is 10.0 Å². The molecule has 1 aromatic carbocycles. The molecule has 0 saturated carbocycles. The van der Waals surface area contributed by atoms with Gasteiger partial charge >= 0.3 is 0 Å². The number of nitrogens with one attached hydrogen (secondary N) is 2. The van der Waals surface area contributed by atoms with Crippen LogP contribution in [0.15, 0.2) is 58.4 Å². The molecule has 1 amide bonds. The Bertz CT molecular complexity index is 1490. The molecule has 0 spiro atoms. The van der Waals surface area contributed by atoms with Crippen molar-refractivity contribution in [2.24, 2.45) is 5.92 Å². The van der Waals surface area contributed by atoms with Crippen LogP contribution in [0.1, 0.15) is 37.6 Å². The fourth-order valence-electron chi connectivity index (χ4n) is 4.71. The highest BCUT2D eigenvalue weighted by Gasteiger charge is 2.39. The first-order chi connectivity index (χ1) is 16.9. The second-order valence-electron chi connectivity index (χ2n) is 9.42. The molecule has 190 valence electrons. The molecular formula is C25H27FN4O5S. The predicted octanol–water partition coefficient (Wildman–Crippen LogP) is 3.33. The average molecular weight is 515 g/mol. The van der Waals surface area contributed by atoms with E-state index in [-0.39, 0.29) is 28.6 Å². The number of carbonyl (C=O) groups excluding carboxylic acids is 1. The topological polar surface area (TPSA) is 121 Å². The average Bonchev–Trinajstić information content (AvgIpc) is 3.09. The van der Waals surface area contributed by atoms with Gasteiger partial charge in [-0.05, 0) is 62.6 Å². The summed E-state index contributed by atoms with van der Waals surface area (Å²) in [6.07, 6.45) is 2.11. The number of H-pyrrole nitrogens is 1. The third-order valence-electron chi connectivity index (χ3n) is 6.19. The van der Waals surface area contributed by atoms with Crippen LogP contribution < -0.4 is 19.9 Å². The number of hydrogen-bond donors (Lipinski definition) is 2. The number of hydrogen-bond acceptors (Lipinski definition) is 7. The lowest BCUT2D eigenvalue weighted by Crippen LogP contribution is -2.41. The van der Waals surface area contributed by atoms with Crippen molar-refractivity contribution in [3.63, 3.8) is 0 Å². The molecule has 1 saturated heterocycles. The van der Waals surface area contributed by atoms with Crippen LogP contribution in [0.2, 0.25) is 0 Å². The van der Waals surface area contributed by atoms with Gasteiger partial charge in [0.25, 0.3) is 21.5 Å². The number of rotatable bonds is 6. The van der Waals surface area contributed by atoms with Gasteiger partial charge in [0.1, 0.15) is 5.82 Å². The van der Waals surface area contributed by atoms with E-state index in [0.717, 1.165) is 12.5 Å². The molecule has 36 heavy (non-hydrogen) atoms. The number of nitrogens with zero attached hydrogens (tertiary/aromatic N) is 2. The molecule has 0 bridgehead atoms. The van der Waals surface area contributed by atoms with E-state index in [1.807, 2.05) is 23.5 Å². The summed E-state index contributed by atoms with van der Waals surface area (Å²) in [5, 5.41) is 0. The maximum Gasteiger partial charge on any atom is 0.269 e. The first-order valence-electron chi connectivity index (χ1n) is 11.3. The van der Waals surface area contributed by atoms with Crippen molar-refractivity contribution in [2.75, 3.05) is 18.6 Å². The van der Waals surface area contributed by atoms with Gasteiger partial charge < -0.3 is 14.6 Å². The van der Waals surface area contributed by atoms with Crippen LogP contribution in [0.5, 0.6) is 5.75 Å². The number of pyridine rings is 2. The van der Waals surface area contributed by atoms with E-state index in [0.29, 0.717) is 17.8 Å². The minimum absolute atomic E-state index is 0.00669. The third-order valence-corrected chi connectivity index (χ3v) is 7.55. The molecule has 3 heterocycles. The Kier molecular flexibility index (Phi) is 6.61. The molecule has 0 radical (unpaired) electrons. The van der Waals surface area contributed by atoms with Crippen LogP contribution in [0.4, 0.5) is 10.2 Å². The Labute approximate surface area is 208 Å². The normalized spacial score (nSPS) is 17.1. The Morgan fingerprint density at radius 3 is 2.61 bits per heavy atom. The highest BCUT2D eigenvalue weighted by molar-refractivity contribution is 7.90. The number of carbonyl (C=O) groups is 1. The summed E-state index contributed by atoms with van der Waals surface area (Å²) in [6.45, 7) is 6.67. The summed E-state index contributed by atoms with van der Waals surface area (Å²) in [7, 11) is -3.10. The lowest BCUT2D eigenvalue weighted by molar-refractivity contribution is 0.0981. The zero-order valence-electron chi connectivity index (χ0n) is 20.3. The molecule has 2 N–H and O–H groups in total. The monoisotopic (exact) mass is 514 g/mol. The Hall–Kier alpha value is -3.73. The molecule has 2 aromatic heterocycles. The van der Waals surface area contributed by atoms with E-state index in [4.69, 9.17) is 9.72 Å². The lowest BCUT2D eigenvalue weighted by atomic mass is 9.97. The number of benzene rings is 1. The van der Waals surface area contributed by atoms with Crippen LogP contribution >= 0.6 is 0 Å². The Morgan fingerprint density at radius 2 is 1.97 bits per heavy atom. The minimum Gasteiger partial charge on any atom is -0.493 e. The van der Waals surface area contributed by atoms with Crippen LogP contribution in [-0.4, -0.2) is 43.5 Å². The van der Waals surface area contributed by atoms with Crippen molar-refractivity contribution in [1.82, 2.24) is 14.7 Å². The van der Waals surface area contributed by atoms with Crippen molar-refractivity contribution in [3.05, 3.63) is 70.4 Å².